The third-order valence-electron chi connectivity index (χ3n) is 2.17. The number of rotatable bonds is 4. The Bertz CT molecular complexity index is 591. The Kier molecular flexibility index (Phi) is 4.55. The van der Waals surface area contributed by atoms with Gasteiger partial charge in [0, 0.05) is 6.04 Å². The Hall–Kier alpha value is -1.59. The topological polar surface area (TPSA) is 70.0 Å². The number of hydrogen-bond acceptors (Lipinski definition) is 3. The van der Waals surface area contributed by atoms with Crippen molar-refractivity contribution in [3.63, 3.8) is 0 Å². The Morgan fingerprint density at radius 2 is 2.05 bits per heavy atom. The van der Waals surface area contributed by atoms with Crippen LogP contribution in [0.1, 0.15) is 18.9 Å². The van der Waals surface area contributed by atoms with Crippen molar-refractivity contribution in [2.75, 3.05) is 0 Å². The lowest BCUT2D eigenvalue weighted by Gasteiger charge is -2.16. The minimum Gasteiger partial charge on any atom is -0.208 e. The van der Waals surface area contributed by atoms with E-state index in [4.69, 9.17) is 5.26 Å². The van der Waals surface area contributed by atoms with Gasteiger partial charge in [0.05, 0.1) is 22.9 Å². The van der Waals surface area contributed by atoms with Gasteiger partial charge in [-0.2, -0.15) is 18.4 Å². The zero-order valence-electron chi connectivity index (χ0n) is 9.90. The van der Waals surface area contributed by atoms with E-state index in [9.17, 15) is 21.6 Å². The first-order valence-electron chi connectivity index (χ1n) is 5.23. The fraction of sp³-hybridized carbons (Fsp3) is 0.364. The molecule has 0 amide bonds. The first kappa shape index (κ1) is 15.5. The third kappa shape index (κ3) is 4.89. The van der Waals surface area contributed by atoms with Crippen molar-refractivity contribution in [3.8, 4) is 6.07 Å². The molecule has 0 saturated carbocycles. The van der Waals surface area contributed by atoms with Gasteiger partial charge in [0.25, 0.3) is 0 Å². The number of benzene rings is 1. The molecular weight excluding hydrogens is 281 g/mol. The molecule has 0 spiro atoms. The molecule has 0 aromatic heterocycles. The van der Waals surface area contributed by atoms with Gasteiger partial charge in [0.15, 0.2) is 0 Å². The number of hydrogen-bond donors (Lipinski definition) is 1. The molecule has 0 heterocycles. The van der Waals surface area contributed by atoms with Gasteiger partial charge in [-0.05, 0) is 25.1 Å². The maximum absolute atomic E-state index is 12.1. The van der Waals surface area contributed by atoms with Crippen molar-refractivity contribution < 1.29 is 21.6 Å². The summed E-state index contributed by atoms with van der Waals surface area (Å²) >= 11 is 0. The lowest BCUT2D eigenvalue weighted by atomic mass is 10.2. The lowest BCUT2D eigenvalue weighted by Crippen LogP contribution is -2.35. The molecule has 1 unspecified atom stereocenters. The van der Waals surface area contributed by atoms with Crippen molar-refractivity contribution in [2.45, 2.75) is 30.5 Å². The number of nitrogens with zero attached hydrogens (tertiary/aromatic N) is 1. The van der Waals surface area contributed by atoms with Crippen molar-refractivity contribution in [2.24, 2.45) is 0 Å². The van der Waals surface area contributed by atoms with E-state index in [1.54, 1.807) is 6.07 Å². The van der Waals surface area contributed by atoms with E-state index in [0.29, 0.717) is 0 Å². The molecule has 0 aliphatic heterocycles. The fourth-order valence-corrected chi connectivity index (χ4v) is 2.74. The highest BCUT2D eigenvalue weighted by Crippen LogP contribution is 2.22. The molecule has 0 fully saturated rings. The number of sulfonamides is 1. The zero-order valence-corrected chi connectivity index (χ0v) is 10.7. The number of nitrogens with one attached hydrogen (secondary N) is 1. The number of halogens is 3. The van der Waals surface area contributed by atoms with E-state index in [-0.39, 0.29) is 10.5 Å². The summed E-state index contributed by atoms with van der Waals surface area (Å²) < 4.78 is 61.9. The second-order valence-corrected chi connectivity index (χ2v) is 5.70. The van der Waals surface area contributed by atoms with E-state index in [1.165, 1.54) is 18.2 Å². The quantitative estimate of drug-likeness (QED) is 0.924. The van der Waals surface area contributed by atoms with Crippen LogP contribution in [0.4, 0.5) is 13.2 Å². The highest BCUT2D eigenvalue weighted by Gasteiger charge is 2.31. The molecule has 0 saturated heterocycles. The molecule has 0 radical (unpaired) electrons. The smallest absolute Gasteiger partial charge is 0.208 e. The zero-order chi connectivity index (χ0) is 14.7. The van der Waals surface area contributed by atoms with Gasteiger partial charge < -0.3 is 0 Å². The second kappa shape index (κ2) is 5.59. The molecule has 0 aliphatic rings. The van der Waals surface area contributed by atoms with E-state index in [0.717, 1.165) is 13.0 Å². The predicted octanol–water partition coefficient (Wildman–Crippen LogP) is 2.18. The lowest BCUT2D eigenvalue weighted by molar-refractivity contribution is -0.137. The Morgan fingerprint density at radius 1 is 1.42 bits per heavy atom. The molecule has 0 aliphatic carbocycles. The van der Waals surface area contributed by atoms with Gasteiger partial charge in [-0.15, -0.1) is 0 Å². The van der Waals surface area contributed by atoms with Crippen LogP contribution in [0.15, 0.2) is 29.2 Å². The molecule has 19 heavy (non-hydrogen) atoms. The number of nitriles is 1. The predicted molar refractivity (Wildman–Crippen MR) is 61.6 cm³/mol. The van der Waals surface area contributed by atoms with Gasteiger partial charge in [0.1, 0.15) is 0 Å². The molecule has 8 heteroatoms. The fourth-order valence-electron chi connectivity index (χ4n) is 1.45. The molecular formula is C11H11F3N2O2S. The van der Waals surface area contributed by atoms with Crippen molar-refractivity contribution in [3.05, 3.63) is 29.8 Å². The molecule has 0 bridgehead atoms. The van der Waals surface area contributed by atoms with Crippen molar-refractivity contribution in [1.29, 1.82) is 5.26 Å². The Labute approximate surface area is 108 Å². The highest BCUT2D eigenvalue weighted by atomic mass is 32.2. The Morgan fingerprint density at radius 3 is 2.58 bits per heavy atom. The second-order valence-electron chi connectivity index (χ2n) is 3.98. The summed E-state index contributed by atoms with van der Waals surface area (Å²) in [5.41, 5.74) is 0.117. The maximum atomic E-state index is 12.1. The van der Waals surface area contributed by atoms with Crippen LogP contribution in [-0.2, 0) is 10.0 Å². The first-order valence-corrected chi connectivity index (χ1v) is 6.71. The molecule has 1 atom stereocenters. The monoisotopic (exact) mass is 292 g/mol. The highest BCUT2D eigenvalue weighted by molar-refractivity contribution is 7.89. The maximum Gasteiger partial charge on any atom is 0.390 e. The van der Waals surface area contributed by atoms with Gasteiger partial charge in [0.2, 0.25) is 10.0 Å². The van der Waals surface area contributed by atoms with Crippen LogP contribution in [0.3, 0.4) is 0 Å². The summed E-state index contributed by atoms with van der Waals surface area (Å²) in [5, 5.41) is 8.65. The van der Waals surface area contributed by atoms with Gasteiger partial charge in [-0.3, -0.25) is 0 Å². The van der Waals surface area contributed by atoms with Gasteiger partial charge in [-0.25, -0.2) is 13.1 Å². The van der Waals surface area contributed by atoms with E-state index < -0.39 is 28.7 Å². The van der Waals surface area contributed by atoms with Crippen LogP contribution in [0.5, 0.6) is 0 Å². The Balaban J connectivity index is 2.90. The molecule has 1 aromatic rings. The number of alkyl halides is 3. The standard InChI is InChI=1S/C11H11F3N2O2S/c1-8(6-11(12,13)14)16-19(17,18)10-4-2-3-9(5-10)7-15/h2-5,8,16H,6H2,1H3. The van der Waals surface area contributed by atoms with E-state index in [2.05, 4.69) is 0 Å². The average molecular weight is 292 g/mol. The van der Waals surface area contributed by atoms with E-state index in [1.807, 2.05) is 4.72 Å². The normalized spacial score (nSPS) is 13.8. The summed E-state index contributed by atoms with van der Waals surface area (Å²) in [4.78, 5) is -0.236. The SMILES string of the molecule is CC(CC(F)(F)F)NS(=O)(=O)c1cccc(C#N)c1. The van der Waals surface area contributed by atoms with Crippen LogP contribution in [-0.4, -0.2) is 20.6 Å². The van der Waals surface area contributed by atoms with Crippen molar-refractivity contribution in [1.82, 2.24) is 4.72 Å². The molecule has 1 rings (SSSR count). The van der Waals surface area contributed by atoms with Crippen molar-refractivity contribution >= 4 is 10.0 Å². The minimum absolute atomic E-state index is 0.117. The summed E-state index contributed by atoms with van der Waals surface area (Å²) in [6.07, 6.45) is -5.71. The minimum atomic E-state index is -4.45. The van der Waals surface area contributed by atoms with Crippen LogP contribution in [0.2, 0.25) is 0 Å². The van der Waals surface area contributed by atoms with Crippen LogP contribution >= 0.6 is 0 Å². The summed E-state index contributed by atoms with van der Waals surface area (Å²) in [6.45, 7) is 1.12. The molecule has 1 N–H and O–H groups in total. The van der Waals surface area contributed by atoms with Crippen LogP contribution in [0, 0.1) is 11.3 Å². The third-order valence-corrected chi connectivity index (χ3v) is 3.75. The molecule has 104 valence electrons. The first-order chi connectivity index (χ1) is 8.64. The largest absolute Gasteiger partial charge is 0.390 e. The van der Waals surface area contributed by atoms with Gasteiger partial charge >= 0.3 is 6.18 Å². The summed E-state index contributed by atoms with van der Waals surface area (Å²) in [7, 11) is -4.07. The summed E-state index contributed by atoms with van der Waals surface area (Å²) in [6, 6.07) is 5.54. The van der Waals surface area contributed by atoms with Crippen LogP contribution in [0.25, 0.3) is 0 Å². The van der Waals surface area contributed by atoms with E-state index >= 15 is 0 Å². The van der Waals surface area contributed by atoms with Crippen LogP contribution < -0.4 is 4.72 Å². The summed E-state index contributed by atoms with van der Waals surface area (Å²) in [5.74, 6) is 0. The molecule has 1 aromatic carbocycles. The van der Waals surface area contributed by atoms with Gasteiger partial charge in [-0.1, -0.05) is 6.07 Å². The average Bonchev–Trinajstić information content (AvgIpc) is 2.25. The molecule has 4 nitrogen and oxygen atoms in total.